The number of nitrogens with one attached hydrogen (secondary N) is 2. The summed E-state index contributed by atoms with van der Waals surface area (Å²) in [5.41, 5.74) is 2.60. The van der Waals surface area contributed by atoms with Crippen molar-refractivity contribution >= 4 is 45.6 Å². The van der Waals surface area contributed by atoms with Gasteiger partial charge in [0.05, 0.1) is 36.7 Å². The molecule has 0 atom stereocenters. The first kappa shape index (κ1) is 23.7. The van der Waals surface area contributed by atoms with Crippen molar-refractivity contribution in [1.82, 2.24) is 19.9 Å². The predicted octanol–water partition coefficient (Wildman–Crippen LogP) is 2.33. The number of rotatable bonds is 8. The van der Waals surface area contributed by atoms with Crippen molar-refractivity contribution in [2.75, 3.05) is 18.9 Å². The first-order valence-corrected chi connectivity index (χ1v) is 9.84. The fraction of sp³-hybridized carbons (Fsp3) is 0.381. The van der Waals surface area contributed by atoms with Gasteiger partial charge in [-0.3, -0.25) is 14.4 Å². The normalized spacial score (nSPS) is 10.7. The number of nitrogens with zero attached hydrogens (tertiary/aromatic N) is 3. The predicted molar refractivity (Wildman–Crippen MR) is 117 cm³/mol. The van der Waals surface area contributed by atoms with E-state index in [9.17, 15) is 14.4 Å². The summed E-state index contributed by atoms with van der Waals surface area (Å²) < 4.78 is 2.14. The van der Waals surface area contributed by atoms with Crippen molar-refractivity contribution in [2.45, 2.75) is 33.2 Å². The number of aliphatic carboxylic acids is 2. The van der Waals surface area contributed by atoms with Crippen LogP contribution in [0, 0.1) is 5.92 Å². The highest BCUT2D eigenvalue weighted by atomic mass is 16.4. The molecule has 0 aliphatic rings. The number of para-hydroxylation sites is 1. The highest BCUT2D eigenvalue weighted by molar-refractivity contribution is 6.09. The summed E-state index contributed by atoms with van der Waals surface area (Å²) in [6, 6.07) is 7.94. The van der Waals surface area contributed by atoms with Crippen LogP contribution in [0.15, 0.2) is 30.6 Å². The lowest BCUT2D eigenvalue weighted by Gasteiger charge is -2.11. The van der Waals surface area contributed by atoms with E-state index in [2.05, 4.69) is 39.0 Å². The van der Waals surface area contributed by atoms with Crippen LogP contribution in [-0.2, 0) is 20.9 Å². The molecule has 0 saturated heterocycles. The molecule has 31 heavy (non-hydrogen) atoms. The van der Waals surface area contributed by atoms with Crippen LogP contribution in [0.25, 0.3) is 21.9 Å². The van der Waals surface area contributed by atoms with E-state index < -0.39 is 11.9 Å². The van der Waals surface area contributed by atoms with Crippen molar-refractivity contribution in [3.05, 3.63) is 30.6 Å². The molecule has 0 aliphatic carbocycles. The highest BCUT2D eigenvalue weighted by Crippen LogP contribution is 2.29. The Morgan fingerprint density at radius 1 is 1.10 bits per heavy atom. The van der Waals surface area contributed by atoms with Gasteiger partial charge in [-0.05, 0) is 19.0 Å². The zero-order chi connectivity index (χ0) is 23.0. The maximum Gasteiger partial charge on any atom is 0.303 e. The van der Waals surface area contributed by atoms with E-state index in [1.54, 1.807) is 7.05 Å². The zero-order valence-corrected chi connectivity index (χ0v) is 17.8. The molecule has 10 heteroatoms. The summed E-state index contributed by atoms with van der Waals surface area (Å²) in [6.07, 6.45) is 1.23. The number of carboxylic acid groups (broad SMARTS) is 2. The van der Waals surface area contributed by atoms with Crippen molar-refractivity contribution in [1.29, 1.82) is 0 Å². The number of likely N-dealkylation sites (N-methyl/N-ethyl adjacent to an activating group) is 1. The van der Waals surface area contributed by atoms with Crippen LogP contribution in [-0.4, -0.2) is 56.2 Å². The van der Waals surface area contributed by atoms with E-state index in [1.165, 1.54) is 0 Å². The monoisotopic (exact) mass is 429 g/mol. The third kappa shape index (κ3) is 6.75. The summed E-state index contributed by atoms with van der Waals surface area (Å²) in [5.74, 6) is -1.27. The van der Waals surface area contributed by atoms with Gasteiger partial charge in [0.15, 0.2) is 5.82 Å². The number of anilines is 1. The highest BCUT2D eigenvalue weighted by Gasteiger charge is 2.15. The number of pyridine rings is 1. The quantitative estimate of drug-likeness (QED) is 0.427. The Hall–Kier alpha value is -3.53. The molecule has 1 aromatic carbocycles. The van der Waals surface area contributed by atoms with Crippen LogP contribution < -0.4 is 10.6 Å². The van der Waals surface area contributed by atoms with E-state index in [1.807, 2.05) is 30.6 Å². The third-order valence-corrected chi connectivity index (χ3v) is 4.16. The summed E-state index contributed by atoms with van der Waals surface area (Å²) in [6.45, 7) is 5.45. The molecular weight excluding hydrogens is 402 g/mol. The van der Waals surface area contributed by atoms with E-state index >= 15 is 0 Å². The molecular formula is C21H27N5O5. The Morgan fingerprint density at radius 3 is 2.32 bits per heavy atom. The molecule has 0 aliphatic heterocycles. The number of carbonyl (C=O) groups excluding carboxylic acids is 1. The molecule has 0 bridgehead atoms. The summed E-state index contributed by atoms with van der Waals surface area (Å²) in [5, 5.41) is 22.5. The Morgan fingerprint density at radius 2 is 1.74 bits per heavy atom. The van der Waals surface area contributed by atoms with Crippen LogP contribution in [0.4, 0.5) is 5.82 Å². The zero-order valence-electron chi connectivity index (χ0n) is 17.8. The number of fused-ring (bicyclic) bond motifs is 3. The van der Waals surface area contributed by atoms with Crippen molar-refractivity contribution < 1.29 is 24.6 Å². The molecule has 4 N–H and O–H groups in total. The minimum Gasteiger partial charge on any atom is -0.481 e. The molecule has 166 valence electrons. The van der Waals surface area contributed by atoms with Crippen LogP contribution in [0.3, 0.4) is 0 Å². The maximum absolute atomic E-state index is 11.9. The molecule has 0 saturated carbocycles. The molecule has 3 aromatic rings. The second kappa shape index (κ2) is 11.0. The minimum atomic E-state index is -1.08. The minimum absolute atomic E-state index is 0.130. The van der Waals surface area contributed by atoms with Crippen LogP contribution in [0.5, 0.6) is 0 Å². The van der Waals surface area contributed by atoms with Crippen LogP contribution in [0.2, 0.25) is 0 Å². The number of carbonyl (C=O) groups is 3. The first-order chi connectivity index (χ1) is 14.7. The number of hydrogen-bond donors (Lipinski definition) is 4. The average molecular weight is 429 g/mol. The van der Waals surface area contributed by atoms with E-state index in [4.69, 9.17) is 10.2 Å². The molecule has 3 rings (SSSR count). The third-order valence-electron chi connectivity index (χ3n) is 4.16. The maximum atomic E-state index is 11.9. The number of hydrogen-bond acceptors (Lipinski definition) is 6. The van der Waals surface area contributed by atoms with Gasteiger partial charge in [0, 0.05) is 11.9 Å². The lowest BCUT2D eigenvalue weighted by molar-refractivity contribution is -0.143. The SMILES string of the molecule is CNCC(=O)Nc1nc2ccccc2c2c1ncn2CC(C)C.O=C(O)CCC(=O)O. The van der Waals surface area contributed by atoms with E-state index in [0.29, 0.717) is 11.7 Å². The Labute approximate surface area is 179 Å². The fourth-order valence-electron chi connectivity index (χ4n) is 2.95. The second-order valence-corrected chi connectivity index (χ2v) is 7.33. The molecule has 2 aromatic heterocycles. The Kier molecular flexibility index (Phi) is 8.44. The smallest absolute Gasteiger partial charge is 0.303 e. The fourth-order valence-corrected chi connectivity index (χ4v) is 2.95. The lowest BCUT2D eigenvalue weighted by atomic mass is 10.1. The van der Waals surface area contributed by atoms with Gasteiger partial charge in [-0.2, -0.15) is 0 Å². The molecule has 0 radical (unpaired) electrons. The summed E-state index contributed by atoms with van der Waals surface area (Å²) >= 11 is 0. The van der Waals surface area contributed by atoms with Gasteiger partial charge in [-0.25, -0.2) is 9.97 Å². The van der Waals surface area contributed by atoms with Gasteiger partial charge in [0.25, 0.3) is 0 Å². The number of benzene rings is 1. The van der Waals surface area contributed by atoms with Crippen LogP contribution >= 0.6 is 0 Å². The topological polar surface area (TPSA) is 146 Å². The van der Waals surface area contributed by atoms with Gasteiger partial charge in [0.1, 0.15) is 5.52 Å². The number of carboxylic acids is 2. The molecule has 10 nitrogen and oxygen atoms in total. The van der Waals surface area contributed by atoms with Crippen molar-refractivity contribution in [3.8, 4) is 0 Å². The van der Waals surface area contributed by atoms with Gasteiger partial charge < -0.3 is 25.4 Å². The number of imidazole rings is 1. The van der Waals surface area contributed by atoms with Gasteiger partial charge in [0.2, 0.25) is 5.91 Å². The molecule has 2 heterocycles. The molecule has 1 amide bonds. The molecule has 0 unspecified atom stereocenters. The standard InChI is InChI=1S/C17H21N5O.C4H6O4/c1-11(2)9-22-10-19-15-16(22)12-6-4-5-7-13(12)20-17(15)21-14(23)8-18-3;5-3(6)1-2-4(7)8/h4-7,10-11,18H,8-9H2,1-3H3,(H,20,21,23);1-2H2,(H,5,6)(H,7,8). The lowest BCUT2D eigenvalue weighted by Crippen LogP contribution is -2.25. The Bertz CT molecular complexity index is 1060. The van der Waals surface area contributed by atoms with E-state index in [0.717, 1.165) is 28.5 Å². The number of aromatic nitrogens is 3. The summed E-state index contributed by atoms with van der Waals surface area (Å²) in [7, 11) is 1.74. The van der Waals surface area contributed by atoms with Gasteiger partial charge in [-0.15, -0.1) is 0 Å². The Balaban J connectivity index is 0.000000366. The second-order valence-electron chi connectivity index (χ2n) is 7.33. The molecule has 0 spiro atoms. The first-order valence-electron chi connectivity index (χ1n) is 9.84. The summed E-state index contributed by atoms with van der Waals surface area (Å²) in [4.78, 5) is 40.3. The average Bonchev–Trinajstić information content (AvgIpc) is 3.11. The van der Waals surface area contributed by atoms with Crippen molar-refractivity contribution in [3.63, 3.8) is 0 Å². The molecule has 0 fully saturated rings. The van der Waals surface area contributed by atoms with E-state index in [-0.39, 0.29) is 25.3 Å². The van der Waals surface area contributed by atoms with Gasteiger partial charge >= 0.3 is 11.9 Å². The van der Waals surface area contributed by atoms with Gasteiger partial charge in [-0.1, -0.05) is 32.0 Å². The van der Waals surface area contributed by atoms with Crippen LogP contribution in [0.1, 0.15) is 26.7 Å². The van der Waals surface area contributed by atoms with Crippen molar-refractivity contribution in [2.24, 2.45) is 5.92 Å². The number of amides is 1. The largest absolute Gasteiger partial charge is 0.481 e.